The van der Waals surface area contributed by atoms with Gasteiger partial charge >= 0.3 is 5.97 Å². The predicted octanol–water partition coefficient (Wildman–Crippen LogP) is 1.76. The Bertz CT molecular complexity index is 600. The van der Waals surface area contributed by atoms with Gasteiger partial charge in [0.15, 0.2) is 0 Å². The van der Waals surface area contributed by atoms with Crippen LogP contribution in [0.4, 0.5) is 0 Å². The molecular formula is C17H22N2O4. The maximum atomic E-state index is 12.6. The van der Waals surface area contributed by atoms with Gasteiger partial charge in [0.1, 0.15) is 0 Å². The van der Waals surface area contributed by atoms with Crippen LogP contribution in [0.3, 0.4) is 0 Å². The number of benzene rings is 1. The van der Waals surface area contributed by atoms with Gasteiger partial charge in [0.25, 0.3) is 11.8 Å². The van der Waals surface area contributed by atoms with Crippen LogP contribution in [-0.4, -0.2) is 47.4 Å². The van der Waals surface area contributed by atoms with Crippen molar-refractivity contribution in [2.45, 2.75) is 26.2 Å². The number of amides is 2. The number of hydrogen-bond donors (Lipinski definition) is 2. The number of nitrogens with zero attached hydrogens (tertiary/aromatic N) is 1. The number of hydrogen-bond acceptors (Lipinski definition) is 3. The molecule has 1 aromatic rings. The average molecular weight is 318 g/mol. The first kappa shape index (κ1) is 17.0. The normalized spacial score (nSPS) is 17.6. The molecule has 1 aliphatic heterocycles. The second-order valence-corrected chi connectivity index (χ2v) is 5.77. The number of carboxylic acid groups (broad SMARTS) is 1. The van der Waals surface area contributed by atoms with Crippen LogP contribution in [0, 0.1) is 5.92 Å². The maximum absolute atomic E-state index is 12.6. The van der Waals surface area contributed by atoms with Gasteiger partial charge < -0.3 is 15.3 Å². The van der Waals surface area contributed by atoms with Crippen molar-refractivity contribution >= 4 is 17.8 Å². The minimum absolute atomic E-state index is 0.205. The summed E-state index contributed by atoms with van der Waals surface area (Å²) in [6.45, 7) is 3.33. The monoisotopic (exact) mass is 318 g/mol. The molecule has 2 N–H and O–H groups in total. The van der Waals surface area contributed by atoms with Crippen LogP contribution >= 0.6 is 0 Å². The molecule has 1 saturated heterocycles. The number of piperidine rings is 1. The highest BCUT2D eigenvalue weighted by Crippen LogP contribution is 2.19. The Kier molecular flexibility index (Phi) is 5.73. The first-order valence-electron chi connectivity index (χ1n) is 7.93. The van der Waals surface area contributed by atoms with Crippen LogP contribution in [0.15, 0.2) is 24.3 Å². The van der Waals surface area contributed by atoms with Crippen molar-refractivity contribution in [2.24, 2.45) is 5.92 Å². The molecule has 124 valence electrons. The molecule has 0 bridgehead atoms. The van der Waals surface area contributed by atoms with Crippen LogP contribution in [0.2, 0.25) is 0 Å². The molecule has 1 atom stereocenters. The molecule has 6 nitrogen and oxygen atoms in total. The molecule has 0 saturated carbocycles. The van der Waals surface area contributed by atoms with Crippen molar-refractivity contribution in [2.75, 3.05) is 19.6 Å². The summed E-state index contributed by atoms with van der Waals surface area (Å²) >= 11 is 0. The second kappa shape index (κ2) is 7.76. The van der Waals surface area contributed by atoms with E-state index in [0.29, 0.717) is 37.1 Å². The molecule has 1 heterocycles. The van der Waals surface area contributed by atoms with E-state index in [1.54, 1.807) is 29.2 Å². The number of carboxylic acids is 1. The zero-order valence-electron chi connectivity index (χ0n) is 13.2. The standard InChI is InChI=1S/C17H22N2O4/c1-2-8-18-15(20)12-5-3-6-13(10-12)16(21)19-9-4-7-14(11-19)17(22)23/h3,5-6,10,14H,2,4,7-9,11H2,1H3,(H,18,20)(H,22,23)/t14-/m0/s1. The lowest BCUT2D eigenvalue weighted by Crippen LogP contribution is -2.42. The van der Waals surface area contributed by atoms with Crippen molar-refractivity contribution < 1.29 is 19.5 Å². The van der Waals surface area contributed by atoms with E-state index < -0.39 is 11.9 Å². The number of carbonyl (C=O) groups excluding carboxylic acids is 2. The number of rotatable bonds is 5. The van der Waals surface area contributed by atoms with Crippen molar-refractivity contribution in [1.82, 2.24) is 10.2 Å². The van der Waals surface area contributed by atoms with E-state index in [9.17, 15) is 14.4 Å². The van der Waals surface area contributed by atoms with E-state index in [4.69, 9.17) is 5.11 Å². The summed E-state index contributed by atoms with van der Waals surface area (Å²) in [5.41, 5.74) is 0.858. The first-order valence-corrected chi connectivity index (χ1v) is 7.93. The number of carbonyl (C=O) groups is 3. The Morgan fingerprint density at radius 3 is 2.74 bits per heavy atom. The van der Waals surface area contributed by atoms with Gasteiger partial charge in [-0.3, -0.25) is 14.4 Å². The fourth-order valence-corrected chi connectivity index (χ4v) is 2.68. The molecule has 1 aliphatic rings. The zero-order chi connectivity index (χ0) is 16.8. The lowest BCUT2D eigenvalue weighted by Gasteiger charge is -2.30. The van der Waals surface area contributed by atoms with Crippen LogP contribution in [0.25, 0.3) is 0 Å². The molecule has 23 heavy (non-hydrogen) atoms. The van der Waals surface area contributed by atoms with Gasteiger partial charge in [0.05, 0.1) is 5.92 Å². The topological polar surface area (TPSA) is 86.7 Å². The summed E-state index contributed by atoms with van der Waals surface area (Å²) in [6, 6.07) is 6.56. The van der Waals surface area contributed by atoms with Crippen molar-refractivity contribution in [3.8, 4) is 0 Å². The first-order chi connectivity index (χ1) is 11.0. The Morgan fingerprint density at radius 2 is 2.04 bits per heavy atom. The molecular weight excluding hydrogens is 296 g/mol. The third-order valence-corrected chi connectivity index (χ3v) is 3.97. The summed E-state index contributed by atoms with van der Waals surface area (Å²) in [5, 5.41) is 11.9. The molecule has 1 aromatic carbocycles. The average Bonchev–Trinajstić information content (AvgIpc) is 2.59. The Morgan fingerprint density at radius 1 is 1.30 bits per heavy atom. The van der Waals surface area contributed by atoms with Gasteiger partial charge in [-0.1, -0.05) is 13.0 Å². The highest BCUT2D eigenvalue weighted by molar-refractivity contribution is 5.99. The van der Waals surface area contributed by atoms with Crippen LogP contribution in [0.1, 0.15) is 46.9 Å². The van der Waals surface area contributed by atoms with E-state index in [-0.39, 0.29) is 18.4 Å². The van der Waals surface area contributed by atoms with Crippen LogP contribution in [0.5, 0.6) is 0 Å². The summed E-state index contributed by atoms with van der Waals surface area (Å²) in [7, 11) is 0. The second-order valence-electron chi connectivity index (χ2n) is 5.77. The molecule has 0 aromatic heterocycles. The van der Waals surface area contributed by atoms with Gasteiger partial charge in [0, 0.05) is 30.8 Å². The highest BCUT2D eigenvalue weighted by atomic mass is 16.4. The fourth-order valence-electron chi connectivity index (χ4n) is 2.68. The molecule has 0 spiro atoms. The molecule has 2 rings (SSSR count). The third-order valence-electron chi connectivity index (χ3n) is 3.97. The molecule has 0 unspecified atom stereocenters. The minimum Gasteiger partial charge on any atom is -0.481 e. The summed E-state index contributed by atoms with van der Waals surface area (Å²) in [5.74, 6) is -1.80. The minimum atomic E-state index is -0.866. The lowest BCUT2D eigenvalue weighted by atomic mass is 9.97. The van der Waals surface area contributed by atoms with Crippen LogP contribution in [-0.2, 0) is 4.79 Å². The molecule has 6 heteroatoms. The smallest absolute Gasteiger partial charge is 0.308 e. The maximum Gasteiger partial charge on any atom is 0.308 e. The van der Waals surface area contributed by atoms with Gasteiger partial charge in [-0.25, -0.2) is 0 Å². The number of aliphatic carboxylic acids is 1. The SMILES string of the molecule is CCCNC(=O)c1cccc(C(=O)N2CCC[C@H](C(=O)O)C2)c1. The zero-order valence-corrected chi connectivity index (χ0v) is 13.2. The summed E-state index contributed by atoms with van der Waals surface area (Å²) in [6.07, 6.45) is 2.12. The Hall–Kier alpha value is -2.37. The van der Waals surface area contributed by atoms with E-state index in [1.165, 1.54) is 0 Å². The van der Waals surface area contributed by atoms with Crippen molar-refractivity contribution in [3.05, 3.63) is 35.4 Å². The van der Waals surface area contributed by atoms with Crippen LogP contribution < -0.4 is 5.32 Å². The van der Waals surface area contributed by atoms with Gasteiger partial charge in [-0.05, 0) is 37.5 Å². The third kappa shape index (κ3) is 4.31. The quantitative estimate of drug-likeness (QED) is 0.866. The van der Waals surface area contributed by atoms with Gasteiger partial charge in [-0.15, -0.1) is 0 Å². The predicted molar refractivity (Wildman–Crippen MR) is 85.3 cm³/mol. The lowest BCUT2D eigenvalue weighted by molar-refractivity contribution is -0.143. The molecule has 0 aliphatic carbocycles. The van der Waals surface area contributed by atoms with E-state index in [1.807, 2.05) is 6.92 Å². The summed E-state index contributed by atoms with van der Waals surface area (Å²) < 4.78 is 0. The van der Waals surface area contributed by atoms with Gasteiger partial charge in [0.2, 0.25) is 0 Å². The van der Waals surface area contributed by atoms with Gasteiger partial charge in [-0.2, -0.15) is 0 Å². The largest absolute Gasteiger partial charge is 0.481 e. The molecule has 0 radical (unpaired) electrons. The Balaban J connectivity index is 2.10. The summed E-state index contributed by atoms with van der Waals surface area (Å²) in [4.78, 5) is 37.2. The fraction of sp³-hybridized carbons (Fsp3) is 0.471. The highest BCUT2D eigenvalue weighted by Gasteiger charge is 2.28. The number of likely N-dealkylation sites (tertiary alicyclic amines) is 1. The number of nitrogens with one attached hydrogen (secondary N) is 1. The van der Waals surface area contributed by atoms with Crippen molar-refractivity contribution in [3.63, 3.8) is 0 Å². The van der Waals surface area contributed by atoms with E-state index >= 15 is 0 Å². The molecule has 2 amide bonds. The van der Waals surface area contributed by atoms with Crippen molar-refractivity contribution in [1.29, 1.82) is 0 Å². The molecule has 1 fully saturated rings. The van der Waals surface area contributed by atoms with E-state index in [2.05, 4.69) is 5.32 Å². The Labute approximate surface area is 135 Å². The van der Waals surface area contributed by atoms with E-state index in [0.717, 1.165) is 6.42 Å².